The van der Waals surface area contributed by atoms with Crippen molar-refractivity contribution in [3.63, 3.8) is 0 Å². The third-order valence-corrected chi connectivity index (χ3v) is 7.19. The minimum absolute atomic E-state index is 0.0109. The van der Waals surface area contributed by atoms with Crippen molar-refractivity contribution in [3.8, 4) is 0 Å². The zero-order valence-electron chi connectivity index (χ0n) is 17.4. The Morgan fingerprint density at radius 3 is 2.80 bits per heavy atom. The Bertz CT molecular complexity index is 960. The van der Waals surface area contributed by atoms with Crippen LogP contribution in [0.5, 0.6) is 0 Å². The van der Waals surface area contributed by atoms with Gasteiger partial charge in [0.2, 0.25) is 11.8 Å². The number of benzene rings is 2. The second-order valence-electron chi connectivity index (χ2n) is 8.98. The van der Waals surface area contributed by atoms with E-state index in [2.05, 4.69) is 34.6 Å². The van der Waals surface area contributed by atoms with Crippen LogP contribution in [0.4, 0.5) is 5.69 Å². The number of nitrogens with one attached hydrogen (secondary N) is 2. The Balaban J connectivity index is 1.38. The predicted molar refractivity (Wildman–Crippen MR) is 117 cm³/mol. The lowest BCUT2D eigenvalue weighted by Crippen LogP contribution is -2.55. The second-order valence-corrected chi connectivity index (χ2v) is 8.98. The zero-order chi connectivity index (χ0) is 20.7. The number of carbonyl (C=O) groups excluding carboxylic acids is 2. The number of nitrogens with zero attached hydrogens (tertiary/aromatic N) is 1. The molecule has 0 saturated carbocycles. The molecule has 4 atom stereocenters. The molecule has 2 saturated heterocycles. The monoisotopic (exact) mass is 403 g/mol. The standard InChI is InChI=1S/C25H29N3O2/c1-17(13-14-18-8-3-2-4-9-18)26-23(29)21-16-19-10-7-15-28(19)25(21)20-11-5-6-12-22(20)27-24(25)30/h2-6,8-9,11-12,17,19,21H,7,10,13-16H2,1H3,(H,26,29)(H,27,30). The molecule has 156 valence electrons. The van der Waals surface area contributed by atoms with Crippen molar-refractivity contribution in [2.24, 2.45) is 5.92 Å². The van der Waals surface area contributed by atoms with E-state index in [1.807, 2.05) is 42.5 Å². The molecule has 0 aromatic heterocycles. The minimum atomic E-state index is -0.860. The molecule has 2 N–H and O–H groups in total. The molecule has 3 aliphatic rings. The topological polar surface area (TPSA) is 61.4 Å². The first kappa shape index (κ1) is 19.3. The highest BCUT2D eigenvalue weighted by atomic mass is 16.2. The molecule has 0 bridgehead atoms. The molecule has 5 rings (SSSR count). The van der Waals surface area contributed by atoms with Crippen molar-refractivity contribution in [1.29, 1.82) is 0 Å². The molecule has 5 nitrogen and oxygen atoms in total. The maximum Gasteiger partial charge on any atom is 0.250 e. The summed E-state index contributed by atoms with van der Waals surface area (Å²) in [7, 11) is 0. The third-order valence-electron chi connectivity index (χ3n) is 7.19. The number of carbonyl (C=O) groups is 2. The molecule has 0 aliphatic carbocycles. The van der Waals surface area contributed by atoms with Crippen molar-refractivity contribution < 1.29 is 9.59 Å². The second kappa shape index (κ2) is 7.55. The van der Waals surface area contributed by atoms with Gasteiger partial charge in [-0.25, -0.2) is 0 Å². The predicted octanol–water partition coefficient (Wildman–Crippen LogP) is 3.46. The Hall–Kier alpha value is -2.66. The van der Waals surface area contributed by atoms with Crippen LogP contribution in [0.15, 0.2) is 54.6 Å². The first-order valence-electron chi connectivity index (χ1n) is 11.1. The lowest BCUT2D eigenvalue weighted by Gasteiger charge is -2.36. The number of amides is 2. The lowest BCUT2D eigenvalue weighted by molar-refractivity contribution is -0.137. The number of hydrogen-bond donors (Lipinski definition) is 2. The van der Waals surface area contributed by atoms with E-state index in [0.717, 1.165) is 49.9 Å². The Morgan fingerprint density at radius 2 is 1.97 bits per heavy atom. The summed E-state index contributed by atoms with van der Waals surface area (Å²) >= 11 is 0. The zero-order valence-corrected chi connectivity index (χ0v) is 17.4. The number of hydrogen-bond acceptors (Lipinski definition) is 3. The van der Waals surface area contributed by atoms with Crippen LogP contribution in [0, 0.1) is 5.92 Å². The molecule has 2 amide bonds. The van der Waals surface area contributed by atoms with E-state index in [1.165, 1.54) is 5.56 Å². The number of para-hydroxylation sites is 1. The summed E-state index contributed by atoms with van der Waals surface area (Å²) in [5.41, 5.74) is 2.24. The van der Waals surface area contributed by atoms with E-state index in [-0.39, 0.29) is 23.8 Å². The van der Waals surface area contributed by atoms with Crippen LogP contribution in [0.1, 0.15) is 43.7 Å². The van der Waals surface area contributed by atoms with Crippen LogP contribution in [0.3, 0.4) is 0 Å². The van der Waals surface area contributed by atoms with E-state index < -0.39 is 5.54 Å². The molecule has 3 heterocycles. The minimum Gasteiger partial charge on any atom is -0.353 e. The molecule has 3 aliphatic heterocycles. The van der Waals surface area contributed by atoms with Gasteiger partial charge in [-0.05, 0) is 57.2 Å². The number of anilines is 1. The van der Waals surface area contributed by atoms with E-state index in [9.17, 15) is 9.59 Å². The van der Waals surface area contributed by atoms with Gasteiger partial charge >= 0.3 is 0 Å². The molecule has 1 spiro atoms. The normalized spacial score (nSPS) is 28.2. The van der Waals surface area contributed by atoms with Crippen LogP contribution in [0.2, 0.25) is 0 Å². The molecule has 5 heteroatoms. The molecule has 0 radical (unpaired) electrons. The van der Waals surface area contributed by atoms with Gasteiger partial charge < -0.3 is 10.6 Å². The van der Waals surface area contributed by atoms with Crippen LogP contribution in [0.25, 0.3) is 0 Å². The maximum absolute atomic E-state index is 13.5. The SMILES string of the molecule is CC(CCc1ccccc1)NC(=O)C1CC2CCCN2C12C(=O)Nc1ccccc12. The molecule has 2 aromatic carbocycles. The first-order chi connectivity index (χ1) is 14.6. The number of rotatable bonds is 5. The van der Waals surface area contributed by atoms with Gasteiger partial charge in [0.25, 0.3) is 0 Å². The summed E-state index contributed by atoms with van der Waals surface area (Å²) in [5, 5.41) is 6.31. The van der Waals surface area contributed by atoms with Gasteiger partial charge in [0.05, 0.1) is 5.92 Å². The van der Waals surface area contributed by atoms with E-state index >= 15 is 0 Å². The Labute approximate surface area is 177 Å². The number of aryl methyl sites for hydroxylation is 1. The van der Waals surface area contributed by atoms with Crippen molar-refractivity contribution in [2.75, 3.05) is 11.9 Å². The molecular formula is C25H29N3O2. The van der Waals surface area contributed by atoms with Crippen LogP contribution < -0.4 is 10.6 Å². The largest absolute Gasteiger partial charge is 0.353 e. The molecule has 2 aromatic rings. The van der Waals surface area contributed by atoms with Gasteiger partial charge in [-0.3, -0.25) is 14.5 Å². The van der Waals surface area contributed by atoms with E-state index in [0.29, 0.717) is 6.04 Å². The van der Waals surface area contributed by atoms with Crippen molar-refractivity contribution >= 4 is 17.5 Å². The third kappa shape index (κ3) is 2.95. The van der Waals surface area contributed by atoms with Crippen LogP contribution in [-0.2, 0) is 21.5 Å². The Kier molecular flexibility index (Phi) is 4.86. The van der Waals surface area contributed by atoms with Gasteiger partial charge in [0.1, 0.15) is 5.54 Å². The summed E-state index contributed by atoms with van der Waals surface area (Å²) in [6.07, 6.45) is 4.70. The average Bonchev–Trinajstić information content (AvgIpc) is 3.41. The number of fused-ring (bicyclic) bond motifs is 4. The summed E-state index contributed by atoms with van der Waals surface area (Å²) in [6, 6.07) is 18.6. The quantitative estimate of drug-likeness (QED) is 0.804. The highest BCUT2D eigenvalue weighted by molar-refractivity contribution is 6.09. The summed E-state index contributed by atoms with van der Waals surface area (Å²) < 4.78 is 0. The van der Waals surface area contributed by atoms with Crippen molar-refractivity contribution in [1.82, 2.24) is 10.2 Å². The fraction of sp³-hybridized carbons (Fsp3) is 0.440. The molecule has 4 unspecified atom stereocenters. The maximum atomic E-state index is 13.5. The van der Waals surface area contributed by atoms with E-state index in [1.54, 1.807) is 0 Å². The van der Waals surface area contributed by atoms with Crippen molar-refractivity contribution in [3.05, 3.63) is 65.7 Å². The van der Waals surface area contributed by atoms with E-state index in [4.69, 9.17) is 0 Å². The van der Waals surface area contributed by atoms with Gasteiger partial charge in [-0.1, -0.05) is 48.5 Å². The van der Waals surface area contributed by atoms with Gasteiger partial charge in [-0.15, -0.1) is 0 Å². The van der Waals surface area contributed by atoms with Crippen molar-refractivity contribution in [2.45, 2.75) is 56.7 Å². The smallest absolute Gasteiger partial charge is 0.250 e. The molecule has 30 heavy (non-hydrogen) atoms. The highest BCUT2D eigenvalue weighted by Crippen LogP contribution is 2.55. The molecular weight excluding hydrogens is 374 g/mol. The van der Waals surface area contributed by atoms with Crippen LogP contribution in [-0.4, -0.2) is 35.3 Å². The van der Waals surface area contributed by atoms with Gasteiger partial charge in [0, 0.05) is 23.3 Å². The van der Waals surface area contributed by atoms with Crippen LogP contribution >= 0.6 is 0 Å². The van der Waals surface area contributed by atoms with Gasteiger partial charge in [0.15, 0.2) is 0 Å². The summed E-state index contributed by atoms with van der Waals surface area (Å²) in [4.78, 5) is 29.2. The highest BCUT2D eigenvalue weighted by Gasteiger charge is 2.65. The fourth-order valence-electron chi connectivity index (χ4n) is 5.82. The Morgan fingerprint density at radius 1 is 1.20 bits per heavy atom. The van der Waals surface area contributed by atoms with Gasteiger partial charge in [-0.2, -0.15) is 0 Å². The summed E-state index contributed by atoms with van der Waals surface area (Å²) in [6.45, 7) is 2.94. The molecule has 2 fully saturated rings. The summed E-state index contributed by atoms with van der Waals surface area (Å²) in [5.74, 6) is -0.382. The average molecular weight is 404 g/mol. The first-order valence-corrected chi connectivity index (χ1v) is 11.1. The lowest BCUT2D eigenvalue weighted by atomic mass is 9.78. The fourth-order valence-corrected chi connectivity index (χ4v) is 5.82.